The van der Waals surface area contributed by atoms with E-state index in [0.29, 0.717) is 9.72 Å². The third-order valence-electron chi connectivity index (χ3n) is 3.42. The van der Waals surface area contributed by atoms with Crippen LogP contribution in [-0.4, -0.2) is 9.72 Å². The third-order valence-corrected chi connectivity index (χ3v) is 3.42. The van der Waals surface area contributed by atoms with E-state index in [1.54, 1.807) is 13.8 Å². The molecule has 0 amide bonds. The highest BCUT2D eigenvalue weighted by atomic mass is 16.6. The van der Waals surface area contributed by atoms with Crippen LogP contribution in [0.2, 0.25) is 0 Å². The lowest BCUT2D eigenvalue weighted by atomic mass is 10.1. The molecule has 2 aromatic rings. The Kier molecular flexibility index (Phi) is 4.35. The SMILES string of the molecule is CC(c1ccccc1)/[N+]([O-])=[N+](\[O-])C(C)c1ccccc1. The van der Waals surface area contributed by atoms with E-state index in [-0.39, 0.29) is 0 Å². The Labute approximate surface area is 118 Å². The number of hydroxylamine groups is 2. The van der Waals surface area contributed by atoms with Crippen molar-refractivity contribution in [2.24, 2.45) is 0 Å². The quantitative estimate of drug-likeness (QED) is 0.479. The van der Waals surface area contributed by atoms with E-state index in [1.165, 1.54) is 0 Å². The smallest absolute Gasteiger partial charge is 0.251 e. The van der Waals surface area contributed by atoms with Crippen molar-refractivity contribution in [3.8, 4) is 0 Å². The van der Waals surface area contributed by atoms with E-state index in [1.807, 2.05) is 60.7 Å². The largest absolute Gasteiger partial charge is 0.567 e. The van der Waals surface area contributed by atoms with Crippen LogP contribution in [0, 0.1) is 10.4 Å². The minimum atomic E-state index is -0.514. The van der Waals surface area contributed by atoms with Crippen LogP contribution in [-0.2, 0) is 0 Å². The molecule has 4 nitrogen and oxygen atoms in total. The molecule has 0 spiro atoms. The standard InChI is InChI=1S/C16H18N2O2/c1-13(15-9-5-3-6-10-15)17(19)18(20)14(2)16-11-7-4-8-12-16/h3-14H,1-2H3/b18-17+. The molecule has 0 aliphatic rings. The molecule has 0 fully saturated rings. The molecule has 0 heterocycles. The number of rotatable bonds is 4. The minimum Gasteiger partial charge on any atom is -0.567 e. The lowest BCUT2D eigenvalue weighted by Crippen LogP contribution is -2.23. The van der Waals surface area contributed by atoms with Gasteiger partial charge in [0, 0.05) is 34.7 Å². The fourth-order valence-corrected chi connectivity index (χ4v) is 2.06. The van der Waals surface area contributed by atoms with Crippen molar-refractivity contribution >= 4 is 0 Å². The Morgan fingerprint density at radius 1 is 0.650 bits per heavy atom. The van der Waals surface area contributed by atoms with Crippen molar-refractivity contribution < 1.29 is 9.72 Å². The third kappa shape index (κ3) is 2.96. The van der Waals surface area contributed by atoms with Gasteiger partial charge in [0.15, 0.2) is 0 Å². The molecule has 20 heavy (non-hydrogen) atoms. The lowest BCUT2D eigenvalue weighted by molar-refractivity contribution is -1.00. The van der Waals surface area contributed by atoms with Gasteiger partial charge >= 0.3 is 0 Å². The summed E-state index contributed by atoms with van der Waals surface area (Å²) in [7, 11) is 0. The number of hydrogen-bond donors (Lipinski definition) is 0. The van der Waals surface area contributed by atoms with Crippen molar-refractivity contribution in [2.75, 3.05) is 0 Å². The molecular weight excluding hydrogens is 252 g/mol. The summed E-state index contributed by atoms with van der Waals surface area (Å²) in [5.74, 6) is 0. The molecule has 0 bridgehead atoms. The molecule has 0 aliphatic carbocycles. The van der Waals surface area contributed by atoms with Crippen molar-refractivity contribution in [2.45, 2.75) is 25.9 Å². The minimum absolute atomic E-state index is 0.493. The molecule has 0 saturated carbocycles. The predicted octanol–water partition coefficient (Wildman–Crippen LogP) is 3.98. The van der Waals surface area contributed by atoms with Gasteiger partial charge in [0.05, 0.1) is 0 Å². The first kappa shape index (κ1) is 14.1. The molecule has 0 saturated heterocycles. The van der Waals surface area contributed by atoms with Crippen LogP contribution in [0.15, 0.2) is 60.7 Å². The van der Waals surface area contributed by atoms with Crippen LogP contribution < -0.4 is 0 Å². The van der Waals surface area contributed by atoms with Gasteiger partial charge in [0.1, 0.15) is 0 Å². The predicted molar refractivity (Wildman–Crippen MR) is 77.0 cm³/mol. The molecular formula is C16H18N2O2. The topological polar surface area (TPSA) is 52.1 Å². The van der Waals surface area contributed by atoms with E-state index in [9.17, 15) is 10.4 Å². The molecule has 2 rings (SSSR count). The zero-order valence-electron chi connectivity index (χ0n) is 11.6. The highest BCUT2D eigenvalue weighted by Crippen LogP contribution is 2.20. The van der Waals surface area contributed by atoms with E-state index >= 15 is 0 Å². The first-order valence-corrected chi connectivity index (χ1v) is 6.63. The molecule has 104 valence electrons. The molecule has 2 atom stereocenters. The molecule has 2 unspecified atom stereocenters. The summed E-state index contributed by atoms with van der Waals surface area (Å²) in [6.45, 7) is 3.45. The van der Waals surface area contributed by atoms with Crippen molar-refractivity contribution in [3.63, 3.8) is 0 Å². The Hall–Kier alpha value is -2.36. The molecule has 0 N–H and O–H groups in total. The van der Waals surface area contributed by atoms with Gasteiger partial charge < -0.3 is 10.4 Å². The second kappa shape index (κ2) is 6.19. The summed E-state index contributed by atoms with van der Waals surface area (Å²) in [4.78, 5) is 0.986. The van der Waals surface area contributed by atoms with Gasteiger partial charge in [-0.2, -0.15) is 0 Å². The van der Waals surface area contributed by atoms with Gasteiger partial charge in [0.2, 0.25) is 0 Å². The van der Waals surface area contributed by atoms with E-state index < -0.39 is 12.1 Å². The normalized spacial score (nSPS) is 15.3. The Morgan fingerprint density at radius 3 is 1.25 bits per heavy atom. The van der Waals surface area contributed by atoms with Crippen LogP contribution in [0.5, 0.6) is 0 Å². The Balaban J connectivity index is 2.27. The van der Waals surface area contributed by atoms with Crippen LogP contribution in [0.1, 0.15) is 37.1 Å². The molecule has 0 aliphatic heterocycles. The first-order chi connectivity index (χ1) is 9.61. The maximum Gasteiger partial charge on any atom is 0.251 e. The fraction of sp³-hybridized carbons (Fsp3) is 0.250. The zero-order chi connectivity index (χ0) is 14.5. The maximum absolute atomic E-state index is 12.2. The lowest BCUT2D eigenvalue weighted by Gasteiger charge is -2.14. The Morgan fingerprint density at radius 2 is 0.950 bits per heavy atom. The number of benzene rings is 2. The first-order valence-electron chi connectivity index (χ1n) is 6.63. The number of hydrogen-bond acceptors (Lipinski definition) is 2. The molecule has 2 aromatic carbocycles. The maximum atomic E-state index is 12.2. The second-order valence-corrected chi connectivity index (χ2v) is 4.78. The Bertz CT molecular complexity index is 528. The van der Waals surface area contributed by atoms with Crippen molar-refractivity contribution in [3.05, 3.63) is 82.2 Å². The van der Waals surface area contributed by atoms with E-state index in [0.717, 1.165) is 11.1 Å². The number of azo groups is 1. The van der Waals surface area contributed by atoms with Crippen LogP contribution >= 0.6 is 0 Å². The van der Waals surface area contributed by atoms with Crippen LogP contribution in [0.25, 0.3) is 0 Å². The van der Waals surface area contributed by atoms with Crippen LogP contribution in [0.4, 0.5) is 0 Å². The fourth-order valence-electron chi connectivity index (χ4n) is 2.06. The number of nitrogens with zero attached hydrogens (tertiary/aromatic N) is 2. The van der Waals surface area contributed by atoms with E-state index in [2.05, 4.69) is 0 Å². The van der Waals surface area contributed by atoms with Crippen molar-refractivity contribution in [1.82, 2.24) is 0 Å². The molecule has 0 radical (unpaired) electrons. The van der Waals surface area contributed by atoms with Gasteiger partial charge in [0.25, 0.3) is 12.1 Å². The summed E-state index contributed by atoms with van der Waals surface area (Å²) < 4.78 is 0. The summed E-state index contributed by atoms with van der Waals surface area (Å²) in [5, 5.41) is 24.4. The van der Waals surface area contributed by atoms with Gasteiger partial charge in [-0.1, -0.05) is 60.7 Å². The van der Waals surface area contributed by atoms with Crippen molar-refractivity contribution in [1.29, 1.82) is 0 Å². The second-order valence-electron chi connectivity index (χ2n) is 4.78. The summed E-state index contributed by atoms with van der Waals surface area (Å²) >= 11 is 0. The average Bonchev–Trinajstić information content (AvgIpc) is 2.53. The zero-order valence-corrected chi connectivity index (χ0v) is 11.6. The van der Waals surface area contributed by atoms with Gasteiger partial charge in [-0.3, -0.25) is 0 Å². The summed E-state index contributed by atoms with van der Waals surface area (Å²) in [6.07, 6.45) is 0. The molecule has 0 aromatic heterocycles. The molecule has 4 heteroatoms. The van der Waals surface area contributed by atoms with Gasteiger partial charge in [-0.25, -0.2) is 0 Å². The van der Waals surface area contributed by atoms with Gasteiger partial charge in [-0.05, 0) is 0 Å². The monoisotopic (exact) mass is 270 g/mol. The highest BCUT2D eigenvalue weighted by Gasteiger charge is 2.25. The summed E-state index contributed by atoms with van der Waals surface area (Å²) in [5.41, 5.74) is 1.65. The van der Waals surface area contributed by atoms with Crippen LogP contribution in [0.3, 0.4) is 0 Å². The highest BCUT2D eigenvalue weighted by molar-refractivity contribution is 5.17. The summed E-state index contributed by atoms with van der Waals surface area (Å²) in [6, 6.07) is 17.5. The van der Waals surface area contributed by atoms with Gasteiger partial charge in [-0.15, -0.1) is 0 Å². The van der Waals surface area contributed by atoms with E-state index in [4.69, 9.17) is 0 Å². The average molecular weight is 270 g/mol.